The number of nitrogens with one attached hydrogen (secondary N) is 1. The molecule has 0 spiro atoms. The van der Waals surface area contributed by atoms with Crippen molar-refractivity contribution in [1.82, 2.24) is 9.55 Å². The summed E-state index contributed by atoms with van der Waals surface area (Å²) in [5, 5.41) is 0.777. The number of ether oxygens (including phenoxy) is 1. The van der Waals surface area contributed by atoms with Gasteiger partial charge in [0.15, 0.2) is 10.5 Å². The highest BCUT2D eigenvalue weighted by Gasteiger charge is 2.26. The Morgan fingerprint density at radius 2 is 2.00 bits per heavy atom. The van der Waals surface area contributed by atoms with Gasteiger partial charge >= 0.3 is 5.97 Å². The number of carbonyl (C=O) groups excluding carboxylic acids is 2. The van der Waals surface area contributed by atoms with Crippen LogP contribution in [0.4, 0.5) is 0 Å². The van der Waals surface area contributed by atoms with E-state index in [1.54, 1.807) is 25.1 Å². The van der Waals surface area contributed by atoms with E-state index in [-0.39, 0.29) is 16.2 Å². The Kier molecular flexibility index (Phi) is 5.13. The van der Waals surface area contributed by atoms with Crippen LogP contribution >= 0.6 is 35.4 Å². The average Bonchev–Trinajstić information content (AvgIpc) is 2.86. The maximum Gasteiger partial charge on any atom is 0.357 e. The van der Waals surface area contributed by atoms with E-state index in [0.717, 1.165) is 5.56 Å². The highest BCUT2D eigenvalue weighted by molar-refractivity contribution is 7.71. The number of halogens is 2. The molecule has 1 aromatic carbocycles. The van der Waals surface area contributed by atoms with E-state index >= 15 is 0 Å². The van der Waals surface area contributed by atoms with Crippen LogP contribution in [-0.2, 0) is 4.74 Å². The number of amides is 1. The third-order valence-corrected chi connectivity index (χ3v) is 4.40. The van der Waals surface area contributed by atoms with E-state index in [1.165, 1.54) is 11.7 Å². The standard InChI is InChI=1S/C14H13Cl2N3O3S/c1-6(7-3-4-8(15)9(16)5-7)19-11(13(21)22-2)10(12(17)20)18-14(19)23/h3-6H,1-2H3,(H2,17,20)(H,18,23). The minimum absolute atomic E-state index is 0.0384. The quantitative estimate of drug-likeness (QED) is 0.634. The number of hydrogen-bond acceptors (Lipinski definition) is 4. The Labute approximate surface area is 147 Å². The lowest BCUT2D eigenvalue weighted by Gasteiger charge is -2.17. The van der Waals surface area contributed by atoms with Crippen LogP contribution in [0.5, 0.6) is 0 Å². The number of hydrogen-bond donors (Lipinski definition) is 2. The maximum absolute atomic E-state index is 12.1. The van der Waals surface area contributed by atoms with E-state index in [9.17, 15) is 9.59 Å². The third kappa shape index (κ3) is 3.26. The largest absolute Gasteiger partial charge is 0.464 e. The molecule has 0 saturated carbocycles. The third-order valence-electron chi connectivity index (χ3n) is 3.37. The monoisotopic (exact) mass is 373 g/mol. The summed E-state index contributed by atoms with van der Waals surface area (Å²) in [4.78, 5) is 26.3. The number of benzene rings is 1. The van der Waals surface area contributed by atoms with Crippen molar-refractivity contribution in [2.75, 3.05) is 7.11 Å². The van der Waals surface area contributed by atoms with Crippen LogP contribution in [0.25, 0.3) is 0 Å². The van der Waals surface area contributed by atoms with Gasteiger partial charge in [0.25, 0.3) is 5.91 Å². The smallest absolute Gasteiger partial charge is 0.357 e. The highest BCUT2D eigenvalue weighted by atomic mass is 35.5. The lowest BCUT2D eigenvalue weighted by molar-refractivity contribution is 0.0583. The van der Waals surface area contributed by atoms with Crippen LogP contribution in [0, 0.1) is 4.77 Å². The van der Waals surface area contributed by atoms with Crippen LogP contribution in [0.2, 0.25) is 10.0 Å². The van der Waals surface area contributed by atoms with E-state index in [0.29, 0.717) is 10.0 Å². The second-order valence-corrected chi connectivity index (χ2v) is 5.93. The summed E-state index contributed by atoms with van der Waals surface area (Å²) in [6.45, 7) is 1.79. The number of carbonyl (C=O) groups is 2. The molecule has 1 heterocycles. The molecule has 1 amide bonds. The van der Waals surface area contributed by atoms with Crippen molar-refractivity contribution in [3.05, 3.63) is 50.0 Å². The molecular formula is C14H13Cl2N3O3S. The number of rotatable bonds is 4. The Morgan fingerprint density at radius 1 is 1.35 bits per heavy atom. The van der Waals surface area contributed by atoms with Gasteiger partial charge in [-0.25, -0.2) is 4.79 Å². The summed E-state index contributed by atoms with van der Waals surface area (Å²) in [5.41, 5.74) is 5.90. The summed E-state index contributed by atoms with van der Waals surface area (Å²) < 4.78 is 6.35. The zero-order valence-corrected chi connectivity index (χ0v) is 14.6. The predicted octanol–water partition coefficient (Wildman–Crippen LogP) is 3.35. The molecule has 23 heavy (non-hydrogen) atoms. The van der Waals surface area contributed by atoms with Gasteiger partial charge in [0.05, 0.1) is 23.2 Å². The molecule has 0 fully saturated rings. The molecular weight excluding hydrogens is 361 g/mol. The molecule has 9 heteroatoms. The number of esters is 1. The molecule has 0 saturated heterocycles. The van der Waals surface area contributed by atoms with Gasteiger partial charge in [-0.15, -0.1) is 0 Å². The number of nitrogens with zero attached hydrogens (tertiary/aromatic N) is 1. The number of primary amides is 1. The van der Waals surface area contributed by atoms with Gasteiger partial charge in [0.2, 0.25) is 0 Å². The van der Waals surface area contributed by atoms with Crippen molar-refractivity contribution in [3.63, 3.8) is 0 Å². The number of H-pyrrole nitrogens is 1. The molecule has 0 aliphatic heterocycles. The molecule has 1 unspecified atom stereocenters. The van der Waals surface area contributed by atoms with Crippen LogP contribution in [0.15, 0.2) is 18.2 Å². The second-order valence-electron chi connectivity index (χ2n) is 4.73. The van der Waals surface area contributed by atoms with E-state index in [1.807, 2.05) is 0 Å². The van der Waals surface area contributed by atoms with Crippen molar-refractivity contribution in [1.29, 1.82) is 0 Å². The number of imidazole rings is 1. The maximum atomic E-state index is 12.1. The number of aromatic nitrogens is 2. The molecule has 6 nitrogen and oxygen atoms in total. The molecule has 0 bridgehead atoms. The minimum Gasteiger partial charge on any atom is -0.464 e. The van der Waals surface area contributed by atoms with Crippen molar-refractivity contribution in [2.24, 2.45) is 5.73 Å². The topological polar surface area (TPSA) is 90.1 Å². The Balaban J connectivity index is 2.66. The Morgan fingerprint density at radius 3 is 2.52 bits per heavy atom. The SMILES string of the molecule is COC(=O)c1c(C(N)=O)[nH]c(=S)n1C(C)c1ccc(Cl)c(Cl)c1. The molecule has 0 radical (unpaired) electrons. The normalized spacial score (nSPS) is 12.0. The van der Waals surface area contributed by atoms with Crippen LogP contribution in [-0.4, -0.2) is 28.5 Å². The Hall–Kier alpha value is -1.83. The number of methoxy groups -OCH3 is 1. The first-order valence-corrected chi connectivity index (χ1v) is 7.62. The molecule has 122 valence electrons. The lowest BCUT2D eigenvalue weighted by Crippen LogP contribution is -2.21. The van der Waals surface area contributed by atoms with E-state index in [4.69, 9.17) is 45.9 Å². The molecule has 2 aromatic rings. The molecule has 3 N–H and O–H groups in total. The van der Waals surface area contributed by atoms with E-state index in [2.05, 4.69) is 4.98 Å². The van der Waals surface area contributed by atoms with Crippen LogP contribution < -0.4 is 5.73 Å². The summed E-state index contributed by atoms with van der Waals surface area (Å²) >= 11 is 17.2. The van der Waals surface area contributed by atoms with Gasteiger partial charge in [-0.2, -0.15) is 0 Å². The van der Waals surface area contributed by atoms with Gasteiger partial charge in [-0.1, -0.05) is 29.3 Å². The first-order valence-electron chi connectivity index (χ1n) is 6.45. The van der Waals surface area contributed by atoms with E-state index < -0.39 is 17.9 Å². The van der Waals surface area contributed by atoms with Crippen molar-refractivity contribution in [3.8, 4) is 0 Å². The summed E-state index contributed by atoms with van der Waals surface area (Å²) in [6, 6.07) is 4.64. The zero-order chi connectivity index (χ0) is 17.3. The van der Waals surface area contributed by atoms with Crippen molar-refractivity contribution < 1.29 is 14.3 Å². The van der Waals surface area contributed by atoms with Crippen molar-refractivity contribution >= 4 is 47.3 Å². The fourth-order valence-electron chi connectivity index (χ4n) is 2.21. The molecule has 2 rings (SSSR count). The average molecular weight is 374 g/mol. The highest BCUT2D eigenvalue weighted by Crippen LogP contribution is 2.29. The van der Waals surface area contributed by atoms with Gasteiger partial charge in [-0.3, -0.25) is 4.79 Å². The lowest BCUT2D eigenvalue weighted by atomic mass is 10.1. The molecule has 0 aliphatic rings. The summed E-state index contributed by atoms with van der Waals surface area (Å²) in [7, 11) is 1.21. The van der Waals surface area contributed by atoms with Crippen molar-refractivity contribution in [2.45, 2.75) is 13.0 Å². The summed E-state index contributed by atoms with van der Waals surface area (Å²) in [6.07, 6.45) is 0. The molecule has 0 aliphatic carbocycles. The molecule has 1 atom stereocenters. The number of nitrogens with two attached hydrogens (primary N) is 1. The first-order chi connectivity index (χ1) is 10.8. The van der Waals surface area contributed by atoms with Gasteiger partial charge < -0.3 is 20.0 Å². The van der Waals surface area contributed by atoms with Gasteiger partial charge in [0.1, 0.15) is 5.69 Å². The summed E-state index contributed by atoms with van der Waals surface area (Å²) in [5.74, 6) is -1.53. The van der Waals surface area contributed by atoms with Gasteiger partial charge in [-0.05, 0) is 36.8 Å². The predicted molar refractivity (Wildman–Crippen MR) is 89.7 cm³/mol. The fourth-order valence-corrected chi connectivity index (χ4v) is 2.87. The zero-order valence-electron chi connectivity index (χ0n) is 12.2. The number of aromatic amines is 1. The van der Waals surface area contributed by atoms with Crippen LogP contribution in [0.3, 0.4) is 0 Å². The molecule has 1 aromatic heterocycles. The second kappa shape index (κ2) is 6.74. The van der Waals surface area contributed by atoms with Gasteiger partial charge in [0, 0.05) is 0 Å². The first kappa shape index (κ1) is 17.5. The van der Waals surface area contributed by atoms with Crippen LogP contribution in [0.1, 0.15) is 39.5 Å². The fraction of sp³-hybridized carbons (Fsp3) is 0.214. The minimum atomic E-state index is -0.809. The Bertz CT molecular complexity index is 844.